The number of esters is 1. The number of amides is 2. The van der Waals surface area contributed by atoms with Gasteiger partial charge in [-0.1, -0.05) is 18.2 Å². The molecule has 1 fully saturated rings. The zero-order chi connectivity index (χ0) is 26.2. The highest BCUT2D eigenvalue weighted by Gasteiger charge is 2.26. The topological polar surface area (TPSA) is 107 Å². The Morgan fingerprint density at radius 2 is 1.50 bits per heavy atom. The van der Waals surface area contributed by atoms with E-state index in [9.17, 15) is 14.4 Å². The fraction of sp³-hybridized carbons (Fsp3) is 0.423. The zero-order valence-electron chi connectivity index (χ0n) is 21.4. The molecule has 1 aliphatic rings. The number of piperazine rings is 1. The number of aryl methyl sites for hydroxylation is 2. The Morgan fingerprint density at radius 3 is 2.08 bits per heavy atom. The third kappa shape index (κ3) is 6.25. The van der Waals surface area contributed by atoms with Crippen LogP contribution >= 0.6 is 0 Å². The number of para-hydroxylation sites is 1. The second kappa shape index (κ2) is 12.3. The molecule has 2 aromatic rings. The van der Waals surface area contributed by atoms with Crippen molar-refractivity contribution in [2.75, 3.05) is 66.0 Å². The van der Waals surface area contributed by atoms with Crippen molar-refractivity contribution >= 4 is 23.5 Å². The van der Waals surface area contributed by atoms with Crippen LogP contribution in [-0.2, 0) is 14.3 Å². The average Bonchev–Trinajstić information content (AvgIpc) is 2.88. The number of carbonyl (C=O) groups excluding carboxylic acids is 3. The van der Waals surface area contributed by atoms with Crippen LogP contribution in [0.1, 0.15) is 21.5 Å². The molecule has 2 aromatic carbocycles. The van der Waals surface area contributed by atoms with Crippen molar-refractivity contribution < 1.29 is 33.3 Å². The molecule has 0 saturated carbocycles. The van der Waals surface area contributed by atoms with E-state index in [-0.39, 0.29) is 35.4 Å². The molecule has 1 aliphatic heterocycles. The smallest absolute Gasteiger partial charge is 0.342 e. The van der Waals surface area contributed by atoms with Crippen LogP contribution in [0.25, 0.3) is 0 Å². The van der Waals surface area contributed by atoms with Gasteiger partial charge < -0.3 is 29.2 Å². The highest BCUT2D eigenvalue weighted by atomic mass is 16.5. The molecule has 0 bridgehead atoms. The Balaban J connectivity index is 1.49. The van der Waals surface area contributed by atoms with Gasteiger partial charge in [-0.05, 0) is 37.1 Å². The summed E-state index contributed by atoms with van der Waals surface area (Å²) in [6, 6.07) is 8.94. The highest BCUT2D eigenvalue weighted by Crippen LogP contribution is 2.39. The van der Waals surface area contributed by atoms with Crippen molar-refractivity contribution in [3.8, 4) is 17.2 Å². The fourth-order valence-electron chi connectivity index (χ4n) is 4.11. The predicted octanol–water partition coefficient (Wildman–Crippen LogP) is 2.27. The Hall–Kier alpha value is -3.79. The third-order valence-electron chi connectivity index (χ3n) is 6.09. The SMILES string of the molecule is COc1ccc(C(=O)OCC(=O)N2CCN(CC(=O)Nc3c(C)cccc3C)CC2)c(OC)c1OC. The molecule has 0 atom stereocenters. The lowest BCUT2D eigenvalue weighted by Gasteiger charge is -2.34. The second-order valence-corrected chi connectivity index (χ2v) is 8.43. The molecular formula is C26H33N3O7. The number of ether oxygens (including phenoxy) is 4. The number of hydrogen-bond acceptors (Lipinski definition) is 8. The molecule has 2 amide bonds. The summed E-state index contributed by atoms with van der Waals surface area (Å²) in [5, 5.41) is 2.99. The van der Waals surface area contributed by atoms with E-state index in [0.29, 0.717) is 31.9 Å². The van der Waals surface area contributed by atoms with Crippen molar-refractivity contribution in [1.29, 1.82) is 0 Å². The van der Waals surface area contributed by atoms with Crippen molar-refractivity contribution in [2.24, 2.45) is 0 Å². The Labute approximate surface area is 211 Å². The first kappa shape index (κ1) is 26.8. The Morgan fingerprint density at radius 1 is 0.861 bits per heavy atom. The minimum Gasteiger partial charge on any atom is -0.493 e. The number of methoxy groups -OCH3 is 3. The highest BCUT2D eigenvalue weighted by molar-refractivity contribution is 5.95. The number of nitrogens with one attached hydrogen (secondary N) is 1. The van der Waals surface area contributed by atoms with Gasteiger partial charge in [-0.3, -0.25) is 14.5 Å². The monoisotopic (exact) mass is 499 g/mol. The van der Waals surface area contributed by atoms with Gasteiger partial charge in [-0.15, -0.1) is 0 Å². The maximum atomic E-state index is 12.6. The van der Waals surface area contributed by atoms with Crippen molar-refractivity contribution in [1.82, 2.24) is 9.80 Å². The maximum Gasteiger partial charge on any atom is 0.342 e. The van der Waals surface area contributed by atoms with E-state index < -0.39 is 12.6 Å². The molecule has 3 rings (SSSR count). The zero-order valence-corrected chi connectivity index (χ0v) is 21.4. The molecule has 0 aromatic heterocycles. The first-order valence-electron chi connectivity index (χ1n) is 11.6. The molecule has 194 valence electrons. The summed E-state index contributed by atoms with van der Waals surface area (Å²) in [7, 11) is 4.32. The van der Waals surface area contributed by atoms with Gasteiger partial charge in [0, 0.05) is 31.9 Å². The average molecular weight is 500 g/mol. The Kier molecular flexibility index (Phi) is 9.13. The molecule has 0 radical (unpaired) electrons. The maximum absolute atomic E-state index is 12.6. The van der Waals surface area contributed by atoms with Crippen molar-refractivity contribution in [2.45, 2.75) is 13.8 Å². The van der Waals surface area contributed by atoms with E-state index >= 15 is 0 Å². The minimum absolute atomic E-state index is 0.0926. The van der Waals surface area contributed by atoms with E-state index in [1.165, 1.54) is 27.4 Å². The molecule has 1 heterocycles. The van der Waals surface area contributed by atoms with Gasteiger partial charge in [0.05, 0.1) is 27.9 Å². The van der Waals surface area contributed by atoms with E-state index in [1.54, 1.807) is 11.0 Å². The molecule has 10 nitrogen and oxygen atoms in total. The van der Waals surface area contributed by atoms with E-state index in [4.69, 9.17) is 18.9 Å². The first-order valence-corrected chi connectivity index (χ1v) is 11.6. The quantitative estimate of drug-likeness (QED) is 0.524. The summed E-state index contributed by atoms with van der Waals surface area (Å²) >= 11 is 0. The Bertz CT molecular complexity index is 1090. The van der Waals surface area contributed by atoms with Crippen LogP contribution in [0.15, 0.2) is 30.3 Å². The van der Waals surface area contributed by atoms with Crippen LogP contribution in [-0.4, -0.2) is 88.2 Å². The van der Waals surface area contributed by atoms with Gasteiger partial charge in [-0.2, -0.15) is 0 Å². The fourth-order valence-corrected chi connectivity index (χ4v) is 4.11. The predicted molar refractivity (Wildman–Crippen MR) is 134 cm³/mol. The number of anilines is 1. The normalized spacial score (nSPS) is 13.6. The summed E-state index contributed by atoms with van der Waals surface area (Å²) in [5.41, 5.74) is 2.99. The van der Waals surface area contributed by atoms with Gasteiger partial charge in [0.1, 0.15) is 5.56 Å². The number of carbonyl (C=O) groups is 3. The van der Waals surface area contributed by atoms with Crippen LogP contribution < -0.4 is 19.5 Å². The van der Waals surface area contributed by atoms with Crippen molar-refractivity contribution in [3.63, 3.8) is 0 Å². The van der Waals surface area contributed by atoms with Crippen molar-refractivity contribution in [3.05, 3.63) is 47.0 Å². The van der Waals surface area contributed by atoms with Gasteiger partial charge in [-0.25, -0.2) is 4.79 Å². The number of benzene rings is 2. The number of rotatable bonds is 9. The largest absolute Gasteiger partial charge is 0.493 e. The summed E-state index contributed by atoms with van der Waals surface area (Å²) in [6.07, 6.45) is 0. The van der Waals surface area contributed by atoms with E-state index in [0.717, 1.165) is 16.8 Å². The number of hydrogen-bond donors (Lipinski definition) is 1. The van der Waals surface area contributed by atoms with Gasteiger partial charge in [0.15, 0.2) is 18.1 Å². The van der Waals surface area contributed by atoms with Crippen LogP contribution in [0.4, 0.5) is 5.69 Å². The molecule has 1 N–H and O–H groups in total. The van der Waals surface area contributed by atoms with Gasteiger partial charge >= 0.3 is 5.97 Å². The standard InChI is InChI=1S/C26H33N3O7/c1-17-7-6-8-18(2)23(17)27-21(30)15-28-11-13-29(14-12-28)22(31)16-36-26(32)19-9-10-20(33-3)25(35-5)24(19)34-4/h6-10H,11-16H2,1-5H3,(H,27,30). The lowest BCUT2D eigenvalue weighted by atomic mass is 10.1. The second-order valence-electron chi connectivity index (χ2n) is 8.43. The van der Waals surface area contributed by atoms with Gasteiger partial charge in [0.2, 0.25) is 11.7 Å². The molecule has 1 saturated heterocycles. The minimum atomic E-state index is -0.706. The van der Waals surface area contributed by atoms with E-state index in [2.05, 4.69) is 5.32 Å². The summed E-state index contributed by atoms with van der Waals surface area (Å²) in [5.74, 6) is -0.265. The van der Waals surface area contributed by atoms with Crippen LogP contribution in [0.3, 0.4) is 0 Å². The third-order valence-corrected chi connectivity index (χ3v) is 6.09. The molecule has 0 unspecified atom stereocenters. The molecule has 36 heavy (non-hydrogen) atoms. The lowest BCUT2D eigenvalue weighted by molar-refractivity contribution is -0.136. The summed E-state index contributed by atoms with van der Waals surface area (Å²) in [4.78, 5) is 41.4. The molecular weight excluding hydrogens is 466 g/mol. The van der Waals surface area contributed by atoms with Crippen LogP contribution in [0.5, 0.6) is 17.2 Å². The van der Waals surface area contributed by atoms with Crippen LogP contribution in [0, 0.1) is 13.8 Å². The van der Waals surface area contributed by atoms with Crippen LogP contribution in [0.2, 0.25) is 0 Å². The molecule has 0 aliphatic carbocycles. The van der Waals surface area contributed by atoms with Gasteiger partial charge in [0.25, 0.3) is 5.91 Å². The summed E-state index contributed by atoms with van der Waals surface area (Å²) < 4.78 is 21.1. The van der Waals surface area contributed by atoms with E-state index in [1.807, 2.05) is 36.9 Å². The number of nitrogens with zero attached hydrogens (tertiary/aromatic N) is 2. The summed E-state index contributed by atoms with van der Waals surface area (Å²) in [6.45, 7) is 5.72. The first-order chi connectivity index (χ1) is 17.3. The molecule has 0 spiro atoms. The molecule has 10 heteroatoms. The lowest BCUT2D eigenvalue weighted by Crippen LogP contribution is -2.51.